The number of carbonyl (C=O) groups excluding carboxylic acids is 3. The highest BCUT2D eigenvalue weighted by molar-refractivity contribution is 7.10. The number of rotatable bonds is 8. The molecule has 2 heterocycles. The van der Waals surface area contributed by atoms with E-state index in [1.807, 2.05) is 24.4 Å². The van der Waals surface area contributed by atoms with Crippen LogP contribution in [0.1, 0.15) is 55.0 Å². The standard InChI is InChI=1S/C26H29N3O4S/c1-17-9-14-23(33-17)25(26(32)28-19-6-3-4-7-19)29(24(31)16-22-8-5-15-34-22)21-12-10-20(11-13-21)27-18(2)30/h5,8-15,19,25H,3-4,6-7,16H2,1-2H3,(H,27,30)(H,28,32). The van der Waals surface area contributed by atoms with Crippen molar-refractivity contribution in [2.24, 2.45) is 0 Å². The van der Waals surface area contributed by atoms with Crippen LogP contribution >= 0.6 is 11.3 Å². The van der Waals surface area contributed by atoms with Crippen molar-refractivity contribution in [3.05, 3.63) is 70.3 Å². The number of amides is 3. The maximum Gasteiger partial charge on any atom is 0.251 e. The van der Waals surface area contributed by atoms with Gasteiger partial charge in [0.05, 0.1) is 6.42 Å². The first-order chi connectivity index (χ1) is 16.4. The summed E-state index contributed by atoms with van der Waals surface area (Å²) in [6.07, 6.45) is 4.20. The van der Waals surface area contributed by atoms with E-state index in [0.717, 1.165) is 30.6 Å². The fourth-order valence-corrected chi connectivity index (χ4v) is 5.01. The summed E-state index contributed by atoms with van der Waals surface area (Å²) < 4.78 is 5.89. The normalized spacial score (nSPS) is 14.5. The number of nitrogens with zero attached hydrogens (tertiary/aromatic N) is 1. The van der Waals surface area contributed by atoms with Gasteiger partial charge in [0, 0.05) is 29.2 Å². The van der Waals surface area contributed by atoms with Gasteiger partial charge >= 0.3 is 0 Å². The molecule has 4 rings (SSSR count). The maximum atomic E-state index is 13.7. The van der Waals surface area contributed by atoms with Crippen molar-refractivity contribution >= 4 is 40.4 Å². The lowest BCUT2D eigenvalue weighted by atomic mass is 10.1. The molecule has 1 atom stereocenters. The molecular formula is C26H29N3O4S. The van der Waals surface area contributed by atoms with Crippen LogP contribution in [0.25, 0.3) is 0 Å². The Morgan fingerprint density at radius 3 is 2.41 bits per heavy atom. The van der Waals surface area contributed by atoms with Crippen LogP contribution in [0, 0.1) is 6.92 Å². The summed E-state index contributed by atoms with van der Waals surface area (Å²) in [6, 6.07) is 13.4. The predicted molar refractivity (Wildman–Crippen MR) is 133 cm³/mol. The van der Waals surface area contributed by atoms with Crippen molar-refractivity contribution in [1.82, 2.24) is 5.32 Å². The number of nitrogens with one attached hydrogen (secondary N) is 2. The van der Waals surface area contributed by atoms with Crippen molar-refractivity contribution in [3.63, 3.8) is 0 Å². The zero-order chi connectivity index (χ0) is 24.1. The minimum atomic E-state index is -0.951. The average molecular weight is 480 g/mol. The van der Waals surface area contributed by atoms with Crippen LogP contribution in [-0.2, 0) is 20.8 Å². The Morgan fingerprint density at radius 2 is 1.82 bits per heavy atom. The van der Waals surface area contributed by atoms with Crippen LogP contribution in [0.4, 0.5) is 11.4 Å². The van der Waals surface area contributed by atoms with Gasteiger partial charge in [-0.05, 0) is 67.6 Å². The second-order valence-corrected chi connectivity index (χ2v) is 9.62. The molecule has 0 bridgehead atoms. The molecule has 7 nitrogen and oxygen atoms in total. The van der Waals surface area contributed by atoms with Gasteiger partial charge in [-0.2, -0.15) is 0 Å². The Balaban J connectivity index is 1.72. The summed E-state index contributed by atoms with van der Waals surface area (Å²) in [4.78, 5) is 41.2. The van der Waals surface area contributed by atoms with Crippen molar-refractivity contribution in [3.8, 4) is 0 Å². The van der Waals surface area contributed by atoms with Gasteiger partial charge in [-0.25, -0.2) is 0 Å². The molecular weight excluding hydrogens is 450 g/mol. The Bertz CT molecular complexity index is 1130. The van der Waals surface area contributed by atoms with E-state index in [9.17, 15) is 14.4 Å². The predicted octanol–water partition coefficient (Wildman–Crippen LogP) is 4.98. The summed E-state index contributed by atoms with van der Waals surface area (Å²) in [5.41, 5.74) is 1.17. The van der Waals surface area contributed by atoms with Gasteiger partial charge in [0.15, 0.2) is 6.04 Å². The van der Waals surface area contributed by atoms with Crippen LogP contribution < -0.4 is 15.5 Å². The number of furan rings is 1. The van der Waals surface area contributed by atoms with Gasteiger partial charge in [0.1, 0.15) is 11.5 Å². The number of carbonyl (C=O) groups is 3. The van der Waals surface area contributed by atoms with Crippen LogP contribution in [0.2, 0.25) is 0 Å². The van der Waals surface area contributed by atoms with E-state index >= 15 is 0 Å². The topological polar surface area (TPSA) is 91.7 Å². The molecule has 3 aromatic rings. The van der Waals surface area contributed by atoms with Crippen molar-refractivity contribution in [1.29, 1.82) is 0 Å². The third-order valence-electron chi connectivity index (χ3n) is 5.88. The molecule has 2 aromatic heterocycles. The van der Waals surface area contributed by atoms with E-state index in [2.05, 4.69) is 10.6 Å². The fraction of sp³-hybridized carbons (Fsp3) is 0.346. The molecule has 1 saturated carbocycles. The molecule has 2 N–H and O–H groups in total. The van der Waals surface area contributed by atoms with Gasteiger partial charge in [-0.15, -0.1) is 11.3 Å². The summed E-state index contributed by atoms with van der Waals surface area (Å²) in [7, 11) is 0. The number of anilines is 2. The molecule has 178 valence electrons. The van der Waals surface area contributed by atoms with E-state index in [-0.39, 0.29) is 30.2 Å². The number of hydrogen-bond donors (Lipinski definition) is 2. The van der Waals surface area contributed by atoms with Gasteiger partial charge in [-0.3, -0.25) is 19.3 Å². The van der Waals surface area contributed by atoms with Gasteiger partial charge < -0.3 is 15.1 Å². The Labute approximate surface area is 203 Å². The Morgan fingerprint density at radius 1 is 1.09 bits per heavy atom. The third kappa shape index (κ3) is 5.75. The fourth-order valence-electron chi connectivity index (χ4n) is 4.32. The SMILES string of the molecule is CC(=O)Nc1ccc(N(C(=O)Cc2cccs2)C(C(=O)NC2CCCC2)c2ccc(C)o2)cc1. The monoisotopic (exact) mass is 479 g/mol. The molecule has 0 aliphatic heterocycles. The highest BCUT2D eigenvalue weighted by Crippen LogP contribution is 2.32. The second kappa shape index (κ2) is 10.7. The average Bonchev–Trinajstić information content (AvgIpc) is 3.56. The van der Waals surface area contributed by atoms with Crippen LogP contribution in [-0.4, -0.2) is 23.8 Å². The Hall–Kier alpha value is -3.39. The van der Waals surface area contributed by atoms with E-state index in [4.69, 9.17) is 4.42 Å². The minimum absolute atomic E-state index is 0.0995. The minimum Gasteiger partial charge on any atom is -0.464 e. The molecule has 8 heteroatoms. The largest absolute Gasteiger partial charge is 0.464 e. The first kappa shape index (κ1) is 23.8. The van der Waals surface area contributed by atoms with E-state index in [1.54, 1.807) is 36.4 Å². The number of benzene rings is 1. The summed E-state index contributed by atoms with van der Waals surface area (Å²) >= 11 is 1.50. The molecule has 0 radical (unpaired) electrons. The molecule has 1 fully saturated rings. The Kier molecular flexibility index (Phi) is 7.47. The van der Waals surface area contributed by atoms with E-state index in [1.165, 1.54) is 23.2 Å². The summed E-state index contributed by atoms with van der Waals surface area (Å²) in [5, 5.41) is 7.80. The lowest BCUT2D eigenvalue weighted by Crippen LogP contribution is -2.46. The first-order valence-electron chi connectivity index (χ1n) is 11.5. The molecule has 0 spiro atoms. The molecule has 1 unspecified atom stereocenters. The second-order valence-electron chi connectivity index (χ2n) is 8.59. The summed E-state index contributed by atoms with van der Waals surface area (Å²) in [6.45, 7) is 3.25. The molecule has 34 heavy (non-hydrogen) atoms. The van der Waals surface area contributed by atoms with Crippen molar-refractivity contribution < 1.29 is 18.8 Å². The van der Waals surface area contributed by atoms with Crippen LogP contribution in [0.5, 0.6) is 0 Å². The molecule has 0 saturated heterocycles. The molecule has 1 aliphatic carbocycles. The number of hydrogen-bond acceptors (Lipinski definition) is 5. The van der Waals surface area contributed by atoms with E-state index in [0.29, 0.717) is 22.9 Å². The molecule has 1 aromatic carbocycles. The van der Waals surface area contributed by atoms with Crippen molar-refractivity contribution in [2.75, 3.05) is 10.2 Å². The van der Waals surface area contributed by atoms with Gasteiger partial charge in [-0.1, -0.05) is 18.9 Å². The lowest BCUT2D eigenvalue weighted by Gasteiger charge is -2.31. The molecule has 1 aliphatic rings. The van der Waals surface area contributed by atoms with E-state index < -0.39 is 6.04 Å². The van der Waals surface area contributed by atoms with Crippen LogP contribution in [0.15, 0.2) is 58.3 Å². The van der Waals surface area contributed by atoms with Gasteiger partial charge in [0.25, 0.3) is 5.91 Å². The lowest BCUT2D eigenvalue weighted by molar-refractivity contribution is -0.127. The highest BCUT2D eigenvalue weighted by Gasteiger charge is 2.36. The van der Waals surface area contributed by atoms with Crippen LogP contribution in [0.3, 0.4) is 0 Å². The quantitative estimate of drug-likeness (QED) is 0.476. The van der Waals surface area contributed by atoms with Crippen molar-refractivity contribution in [2.45, 2.75) is 58.0 Å². The zero-order valence-electron chi connectivity index (χ0n) is 19.4. The smallest absolute Gasteiger partial charge is 0.251 e. The number of thiophene rings is 1. The zero-order valence-corrected chi connectivity index (χ0v) is 20.2. The first-order valence-corrected chi connectivity index (χ1v) is 12.4. The highest BCUT2D eigenvalue weighted by atomic mass is 32.1. The number of aryl methyl sites for hydroxylation is 1. The summed E-state index contributed by atoms with van der Waals surface area (Å²) in [5.74, 6) is 0.430. The molecule has 3 amide bonds. The van der Waals surface area contributed by atoms with Gasteiger partial charge in [0.2, 0.25) is 11.8 Å². The maximum absolute atomic E-state index is 13.7. The third-order valence-corrected chi connectivity index (χ3v) is 6.76.